The van der Waals surface area contributed by atoms with Crippen LogP contribution in [0.5, 0.6) is 0 Å². The molecule has 0 aliphatic rings. The Kier molecular flexibility index (Phi) is 6.39. The van der Waals surface area contributed by atoms with Gasteiger partial charge in [-0.3, -0.25) is 0 Å². The first-order chi connectivity index (χ1) is 7.25. The topological polar surface area (TPSA) is 9.23 Å². The van der Waals surface area contributed by atoms with Gasteiger partial charge in [0.25, 0.3) is 0 Å². The second-order valence-corrected chi connectivity index (χ2v) is 5.91. The van der Waals surface area contributed by atoms with Gasteiger partial charge in [0.2, 0.25) is 0 Å². The Labute approximate surface area is 103 Å². The van der Waals surface area contributed by atoms with E-state index < -0.39 is 0 Å². The van der Waals surface area contributed by atoms with E-state index in [9.17, 15) is 0 Å². The third-order valence-electron chi connectivity index (χ3n) is 3.57. The second kappa shape index (κ2) is 6.49. The van der Waals surface area contributed by atoms with Gasteiger partial charge in [0.15, 0.2) is 0 Å². The Morgan fingerprint density at radius 3 is 2.25 bits per heavy atom. The number of allylic oxidation sites excluding steroid dienone is 1. The van der Waals surface area contributed by atoms with Crippen LogP contribution in [0.2, 0.25) is 6.32 Å². The van der Waals surface area contributed by atoms with Crippen LogP contribution in [-0.4, -0.2) is 20.1 Å². The molecule has 0 bridgehead atoms. The number of ether oxygens (including phenoxy) is 1. The van der Waals surface area contributed by atoms with Crippen LogP contribution in [0.1, 0.15) is 47.5 Å². The summed E-state index contributed by atoms with van der Waals surface area (Å²) < 4.78 is 5.89. The number of hydrogen-bond acceptors (Lipinski definition) is 1. The quantitative estimate of drug-likeness (QED) is 0.445. The van der Waals surface area contributed by atoms with E-state index in [4.69, 9.17) is 12.6 Å². The molecule has 0 rings (SSSR count). The minimum Gasteiger partial charge on any atom is -0.376 e. The number of rotatable bonds is 8. The van der Waals surface area contributed by atoms with Gasteiger partial charge < -0.3 is 4.74 Å². The van der Waals surface area contributed by atoms with Gasteiger partial charge in [-0.2, -0.15) is 0 Å². The molecule has 0 aromatic carbocycles. The van der Waals surface area contributed by atoms with Gasteiger partial charge in [-0.25, -0.2) is 0 Å². The van der Waals surface area contributed by atoms with Crippen LogP contribution in [0.4, 0.5) is 0 Å². The maximum Gasteiger partial charge on any atom is 0.0654 e. The van der Waals surface area contributed by atoms with Crippen molar-refractivity contribution in [3.63, 3.8) is 0 Å². The Morgan fingerprint density at radius 1 is 1.25 bits per heavy atom. The van der Waals surface area contributed by atoms with Gasteiger partial charge in [0, 0.05) is 6.61 Å². The molecule has 1 atom stereocenters. The molecule has 92 valence electrons. The lowest BCUT2D eigenvalue weighted by Gasteiger charge is -2.32. The Balaban J connectivity index is 4.02. The van der Waals surface area contributed by atoms with E-state index in [2.05, 4.69) is 41.2 Å². The summed E-state index contributed by atoms with van der Waals surface area (Å²) >= 11 is 0. The predicted molar refractivity (Wildman–Crippen MR) is 73.0 cm³/mol. The fraction of sp³-hybridized carbons (Fsp3) is 0.857. The van der Waals surface area contributed by atoms with Crippen molar-refractivity contribution in [2.24, 2.45) is 11.3 Å². The van der Waals surface area contributed by atoms with Crippen LogP contribution in [0.25, 0.3) is 0 Å². The van der Waals surface area contributed by atoms with E-state index in [1.54, 1.807) is 0 Å². The van der Waals surface area contributed by atoms with Crippen LogP contribution in [0.3, 0.4) is 0 Å². The normalized spacial score (nSPS) is 14.8. The zero-order valence-electron chi connectivity index (χ0n) is 11.7. The van der Waals surface area contributed by atoms with E-state index in [1.165, 1.54) is 0 Å². The summed E-state index contributed by atoms with van der Waals surface area (Å²) in [6.45, 7) is 15.6. The Morgan fingerprint density at radius 2 is 1.81 bits per heavy atom. The van der Waals surface area contributed by atoms with Gasteiger partial charge >= 0.3 is 0 Å². The first-order valence-electron chi connectivity index (χ1n) is 6.22. The Bertz CT molecular complexity index is 209. The zero-order chi connectivity index (χ0) is 12.8. The third-order valence-corrected chi connectivity index (χ3v) is 3.57. The lowest BCUT2D eigenvalue weighted by molar-refractivity contribution is -0.0337. The molecule has 0 aliphatic carbocycles. The van der Waals surface area contributed by atoms with Crippen molar-refractivity contribution in [1.82, 2.24) is 0 Å². The van der Waals surface area contributed by atoms with Crippen molar-refractivity contribution < 1.29 is 4.74 Å². The van der Waals surface area contributed by atoms with Crippen LogP contribution in [0, 0.1) is 11.3 Å². The molecule has 16 heavy (non-hydrogen) atoms. The summed E-state index contributed by atoms with van der Waals surface area (Å²) in [7, 11) is 5.55. The highest BCUT2D eigenvalue weighted by Gasteiger charge is 2.25. The first-order valence-corrected chi connectivity index (χ1v) is 6.22. The molecule has 0 aromatic heterocycles. The molecule has 1 unspecified atom stereocenters. The van der Waals surface area contributed by atoms with Crippen molar-refractivity contribution >= 4 is 7.85 Å². The van der Waals surface area contributed by atoms with E-state index in [1.807, 2.05) is 6.08 Å². The van der Waals surface area contributed by atoms with Gasteiger partial charge in [-0.15, -0.1) is 6.58 Å². The van der Waals surface area contributed by atoms with E-state index >= 15 is 0 Å². The molecular weight excluding hydrogens is 195 g/mol. The van der Waals surface area contributed by atoms with Crippen molar-refractivity contribution in [1.29, 1.82) is 0 Å². The van der Waals surface area contributed by atoms with Gasteiger partial charge in [0.1, 0.15) is 0 Å². The monoisotopic (exact) mass is 222 g/mol. The van der Waals surface area contributed by atoms with Crippen molar-refractivity contribution in [2.75, 3.05) is 6.61 Å². The highest BCUT2D eigenvalue weighted by Crippen LogP contribution is 2.31. The molecule has 0 N–H and O–H groups in total. The minimum absolute atomic E-state index is 0.0950. The molecule has 0 spiro atoms. The van der Waals surface area contributed by atoms with Gasteiger partial charge in [-0.1, -0.05) is 33.2 Å². The molecule has 0 heterocycles. The molecule has 0 aromatic rings. The third kappa shape index (κ3) is 5.74. The fourth-order valence-corrected chi connectivity index (χ4v) is 1.56. The number of hydrogen-bond donors (Lipinski definition) is 0. The van der Waals surface area contributed by atoms with E-state index in [0.29, 0.717) is 12.2 Å². The van der Waals surface area contributed by atoms with Crippen LogP contribution < -0.4 is 0 Å². The lowest BCUT2D eigenvalue weighted by atomic mass is 9.77. The standard InChI is InChI=1S/C14H27BO/c1-7-12(2)13(3,4)9-11-16-14(5,6)8-10-15/h7,12H,1,8-11H2,2-6H3. The average molecular weight is 222 g/mol. The van der Waals surface area contributed by atoms with Crippen LogP contribution >= 0.6 is 0 Å². The zero-order valence-corrected chi connectivity index (χ0v) is 11.7. The van der Waals surface area contributed by atoms with E-state index in [0.717, 1.165) is 19.4 Å². The predicted octanol–water partition coefficient (Wildman–Crippen LogP) is 4.00. The maximum absolute atomic E-state index is 5.89. The average Bonchev–Trinajstić information content (AvgIpc) is 2.15. The lowest BCUT2D eigenvalue weighted by Crippen LogP contribution is -2.28. The second-order valence-electron chi connectivity index (χ2n) is 5.91. The molecular formula is C14H27BO. The molecule has 0 fully saturated rings. The molecule has 1 nitrogen and oxygen atoms in total. The molecule has 0 saturated heterocycles. The van der Waals surface area contributed by atoms with E-state index in [-0.39, 0.29) is 11.0 Å². The summed E-state index contributed by atoms with van der Waals surface area (Å²) in [6.07, 6.45) is 4.66. The fourth-order valence-electron chi connectivity index (χ4n) is 1.56. The smallest absolute Gasteiger partial charge is 0.0654 e. The SMILES string of the molecule is [B]CCC(C)(C)OCCC(C)(C)C(C)C=C. The highest BCUT2D eigenvalue weighted by molar-refractivity contribution is 6.08. The summed E-state index contributed by atoms with van der Waals surface area (Å²) in [5.41, 5.74) is 0.156. The first kappa shape index (κ1) is 15.8. The van der Waals surface area contributed by atoms with Gasteiger partial charge in [0.05, 0.1) is 13.4 Å². The molecule has 0 amide bonds. The minimum atomic E-state index is -0.0950. The molecule has 0 saturated carbocycles. The van der Waals surface area contributed by atoms with Crippen LogP contribution in [-0.2, 0) is 4.74 Å². The van der Waals surface area contributed by atoms with Crippen molar-refractivity contribution in [3.05, 3.63) is 12.7 Å². The van der Waals surface area contributed by atoms with Crippen molar-refractivity contribution in [2.45, 2.75) is 59.4 Å². The van der Waals surface area contributed by atoms with Crippen molar-refractivity contribution in [3.8, 4) is 0 Å². The summed E-state index contributed by atoms with van der Waals surface area (Å²) in [4.78, 5) is 0. The van der Waals surface area contributed by atoms with Crippen LogP contribution in [0.15, 0.2) is 12.7 Å². The summed E-state index contributed by atoms with van der Waals surface area (Å²) in [5.74, 6) is 0.508. The Hall–Kier alpha value is -0.235. The summed E-state index contributed by atoms with van der Waals surface area (Å²) in [6, 6.07) is 0. The highest BCUT2D eigenvalue weighted by atomic mass is 16.5. The maximum atomic E-state index is 5.89. The molecule has 0 aliphatic heterocycles. The largest absolute Gasteiger partial charge is 0.376 e. The molecule has 2 radical (unpaired) electrons. The van der Waals surface area contributed by atoms with Gasteiger partial charge in [-0.05, 0) is 38.0 Å². The summed E-state index contributed by atoms with van der Waals surface area (Å²) in [5, 5.41) is 0. The molecule has 2 heteroatoms.